The minimum atomic E-state index is -0.801. The predicted molar refractivity (Wildman–Crippen MR) is 147 cm³/mol. The van der Waals surface area contributed by atoms with Crippen LogP contribution in [0.3, 0.4) is 0 Å². The SMILES string of the molecule is C(=C1c2ccccc2-c2ccccc21)=C(c1ccccc1)P(c1ccccc1)c1ccccc1. The molecule has 0 N–H and O–H groups in total. The van der Waals surface area contributed by atoms with E-state index in [2.05, 4.69) is 145 Å². The van der Waals surface area contributed by atoms with Gasteiger partial charge >= 0.3 is 0 Å². The van der Waals surface area contributed by atoms with E-state index in [9.17, 15) is 0 Å². The Morgan fingerprint density at radius 3 is 1.26 bits per heavy atom. The molecule has 5 aromatic rings. The van der Waals surface area contributed by atoms with Crippen molar-refractivity contribution in [2.75, 3.05) is 0 Å². The molecule has 0 spiro atoms. The van der Waals surface area contributed by atoms with Gasteiger partial charge in [-0.15, -0.1) is 5.73 Å². The van der Waals surface area contributed by atoms with Crippen molar-refractivity contribution >= 4 is 29.4 Å². The van der Waals surface area contributed by atoms with Gasteiger partial charge < -0.3 is 0 Å². The summed E-state index contributed by atoms with van der Waals surface area (Å²) in [4.78, 5) is 0. The van der Waals surface area contributed by atoms with E-state index < -0.39 is 7.92 Å². The van der Waals surface area contributed by atoms with Gasteiger partial charge in [0.1, 0.15) is 0 Å². The van der Waals surface area contributed by atoms with Crippen molar-refractivity contribution in [2.45, 2.75) is 0 Å². The van der Waals surface area contributed by atoms with Crippen molar-refractivity contribution in [3.63, 3.8) is 0 Å². The third-order valence-electron chi connectivity index (χ3n) is 6.23. The lowest BCUT2D eigenvalue weighted by atomic mass is 10.0. The topological polar surface area (TPSA) is 0 Å². The second kappa shape index (κ2) is 9.12. The number of rotatable bonds is 4. The summed E-state index contributed by atoms with van der Waals surface area (Å²) in [5.41, 5.74) is 11.5. The van der Waals surface area contributed by atoms with Crippen molar-refractivity contribution in [2.24, 2.45) is 0 Å². The largest absolute Gasteiger partial charge is 0.102 e. The zero-order valence-electron chi connectivity index (χ0n) is 18.7. The van der Waals surface area contributed by atoms with Crippen LogP contribution in [0.25, 0.3) is 22.0 Å². The van der Waals surface area contributed by atoms with Gasteiger partial charge in [0.05, 0.1) is 0 Å². The Hall–Kier alpha value is -3.95. The van der Waals surface area contributed by atoms with E-state index >= 15 is 0 Å². The van der Waals surface area contributed by atoms with E-state index in [0.717, 1.165) is 0 Å². The van der Waals surface area contributed by atoms with Crippen molar-refractivity contribution in [3.05, 3.63) is 162 Å². The lowest BCUT2D eigenvalue weighted by Crippen LogP contribution is -2.12. The molecule has 34 heavy (non-hydrogen) atoms. The van der Waals surface area contributed by atoms with E-state index in [-0.39, 0.29) is 0 Å². The lowest BCUT2D eigenvalue weighted by Gasteiger charge is -2.21. The van der Waals surface area contributed by atoms with E-state index in [4.69, 9.17) is 0 Å². The van der Waals surface area contributed by atoms with Crippen LogP contribution < -0.4 is 10.6 Å². The van der Waals surface area contributed by atoms with Crippen molar-refractivity contribution in [3.8, 4) is 11.1 Å². The van der Waals surface area contributed by atoms with Crippen LogP contribution in [0, 0.1) is 0 Å². The summed E-state index contributed by atoms with van der Waals surface area (Å²) in [6.07, 6.45) is 0. The highest BCUT2D eigenvalue weighted by atomic mass is 31.1. The Labute approximate surface area is 202 Å². The molecule has 0 nitrogen and oxygen atoms in total. The molecule has 0 heterocycles. The quantitative estimate of drug-likeness (QED) is 0.189. The van der Waals surface area contributed by atoms with Crippen LogP contribution in [0.1, 0.15) is 16.7 Å². The fourth-order valence-electron chi connectivity index (χ4n) is 4.68. The molecule has 0 saturated heterocycles. The molecule has 0 unspecified atom stereocenters. The molecule has 0 atom stereocenters. The van der Waals surface area contributed by atoms with Gasteiger partial charge in [-0.1, -0.05) is 140 Å². The molecule has 1 aliphatic rings. The Balaban J connectivity index is 1.71. The van der Waals surface area contributed by atoms with Crippen LogP contribution in [0.5, 0.6) is 0 Å². The van der Waals surface area contributed by atoms with Crippen molar-refractivity contribution < 1.29 is 0 Å². The molecule has 1 heteroatoms. The third kappa shape index (κ3) is 3.74. The molecule has 0 saturated carbocycles. The molecule has 6 rings (SSSR count). The minimum Gasteiger partial charge on any atom is -0.102 e. The molecule has 0 aromatic heterocycles. The fourth-order valence-corrected chi connectivity index (χ4v) is 7.07. The number of fused-ring (bicyclic) bond motifs is 3. The standard InChI is InChI=1S/C33H23P/c1-4-14-25(15-5-1)33(34(26-16-6-2-7-17-26)27-18-8-3-9-19-27)24-32-30-22-12-10-20-28(30)29-21-11-13-23-31(29)32/h1-23H. The number of benzene rings is 5. The second-order valence-corrected chi connectivity index (χ2v) is 10.5. The number of hydrogen-bond acceptors (Lipinski definition) is 0. The monoisotopic (exact) mass is 450 g/mol. The van der Waals surface area contributed by atoms with Crippen LogP contribution in [0.2, 0.25) is 0 Å². The maximum Gasteiger partial charge on any atom is 0.0343 e. The predicted octanol–water partition coefficient (Wildman–Crippen LogP) is 7.87. The van der Waals surface area contributed by atoms with Gasteiger partial charge in [0.25, 0.3) is 0 Å². The highest BCUT2D eigenvalue weighted by molar-refractivity contribution is 7.82. The molecule has 5 aromatic carbocycles. The fraction of sp³-hybridized carbons (Fsp3) is 0. The third-order valence-corrected chi connectivity index (χ3v) is 8.67. The van der Waals surface area contributed by atoms with Crippen LogP contribution in [-0.4, -0.2) is 0 Å². The molecule has 0 amide bonds. The van der Waals surface area contributed by atoms with Crippen LogP contribution in [-0.2, 0) is 0 Å². The summed E-state index contributed by atoms with van der Waals surface area (Å²) < 4.78 is 0. The van der Waals surface area contributed by atoms with Gasteiger partial charge in [-0.2, -0.15) is 0 Å². The first-order chi connectivity index (χ1) is 16.9. The van der Waals surface area contributed by atoms with Crippen molar-refractivity contribution in [1.29, 1.82) is 0 Å². The highest BCUT2D eigenvalue weighted by Gasteiger charge is 2.25. The Kier molecular flexibility index (Phi) is 5.54. The summed E-state index contributed by atoms with van der Waals surface area (Å²) in [7, 11) is -0.801. The summed E-state index contributed by atoms with van der Waals surface area (Å²) in [5.74, 6) is 0. The summed E-state index contributed by atoms with van der Waals surface area (Å²) in [6, 6.07) is 50.0. The normalized spacial score (nSPS) is 11.6. The van der Waals surface area contributed by atoms with Gasteiger partial charge in [-0.3, -0.25) is 0 Å². The van der Waals surface area contributed by atoms with E-state index in [1.807, 2.05) is 0 Å². The first kappa shape index (κ1) is 20.6. The molecule has 0 fully saturated rings. The van der Waals surface area contributed by atoms with Gasteiger partial charge in [-0.05, 0) is 46.3 Å². The Bertz CT molecular complexity index is 1420. The van der Waals surface area contributed by atoms with E-state index in [1.165, 1.54) is 49.3 Å². The smallest absolute Gasteiger partial charge is 0.0343 e. The van der Waals surface area contributed by atoms with Gasteiger partial charge in [-0.25, -0.2) is 0 Å². The molecule has 0 aliphatic heterocycles. The average Bonchev–Trinajstić information content (AvgIpc) is 3.24. The van der Waals surface area contributed by atoms with E-state index in [0.29, 0.717) is 0 Å². The van der Waals surface area contributed by atoms with Gasteiger partial charge in [0.2, 0.25) is 0 Å². The minimum absolute atomic E-state index is 0.801. The lowest BCUT2D eigenvalue weighted by molar-refractivity contribution is 1.64. The summed E-state index contributed by atoms with van der Waals surface area (Å²) >= 11 is 0. The van der Waals surface area contributed by atoms with Crippen LogP contribution in [0.4, 0.5) is 0 Å². The Morgan fingerprint density at radius 1 is 0.412 bits per heavy atom. The van der Waals surface area contributed by atoms with E-state index in [1.54, 1.807) is 0 Å². The highest BCUT2D eigenvalue weighted by Crippen LogP contribution is 2.50. The molecule has 0 bridgehead atoms. The molecular formula is C33H23P. The first-order valence-electron chi connectivity index (χ1n) is 11.6. The summed E-state index contributed by atoms with van der Waals surface area (Å²) in [6.45, 7) is 0. The molecular weight excluding hydrogens is 427 g/mol. The molecule has 1 aliphatic carbocycles. The maximum absolute atomic E-state index is 4.00. The molecule has 160 valence electrons. The maximum atomic E-state index is 4.00. The van der Waals surface area contributed by atoms with Gasteiger partial charge in [0, 0.05) is 10.9 Å². The van der Waals surface area contributed by atoms with Crippen LogP contribution >= 0.6 is 7.92 Å². The number of hydrogen-bond donors (Lipinski definition) is 0. The van der Waals surface area contributed by atoms with Crippen molar-refractivity contribution in [1.82, 2.24) is 0 Å². The van der Waals surface area contributed by atoms with Gasteiger partial charge in [0.15, 0.2) is 0 Å². The summed E-state index contributed by atoms with van der Waals surface area (Å²) in [5, 5.41) is 3.90. The van der Waals surface area contributed by atoms with Crippen LogP contribution in [0.15, 0.2) is 145 Å². The zero-order valence-corrected chi connectivity index (χ0v) is 19.6. The Morgan fingerprint density at radius 2 is 0.794 bits per heavy atom. The average molecular weight is 451 g/mol. The molecule has 0 radical (unpaired) electrons. The second-order valence-electron chi connectivity index (χ2n) is 8.31. The first-order valence-corrected chi connectivity index (χ1v) is 12.9. The zero-order chi connectivity index (χ0) is 22.7.